The van der Waals surface area contributed by atoms with E-state index in [1.165, 1.54) is 11.1 Å². The molecule has 1 amide bonds. The highest BCUT2D eigenvalue weighted by molar-refractivity contribution is 5.85. The van der Waals surface area contributed by atoms with Crippen molar-refractivity contribution in [3.63, 3.8) is 0 Å². The molecule has 0 aliphatic rings. The lowest BCUT2D eigenvalue weighted by Gasteiger charge is -2.15. The standard InChI is InChI=1S/C21H26N4O/c1-14(2)21-17(15(3)6-9-23-21)12-18-16-8-11-25(13-20(26)24(4)5)19(16)7-10-22-18/h6-11,14H,12-13H2,1-5H3. The van der Waals surface area contributed by atoms with E-state index in [2.05, 4.69) is 42.9 Å². The maximum absolute atomic E-state index is 12.1. The molecule has 136 valence electrons. The molecule has 0 atom stereocenters. The molecule has 26 heavy (non-hydrogen) atoms. The van der Waals surface area contributed by atoms with E-state index >= 15 is 0 Å². The van der Waals surface area contributed by atoms with Crippen molar-refractivity contribution in [2.24, 2.45) is 0 Å². The summed E-state index contributed by atoms with van der Waals surface area (Å²) in [6.07, 6.45) is 6.42. The van der Waals surface area contributed by atoms with E-state index in [1.54, 1.807) is 19.0 Å². The molecular formula is C21H26N4O. The summed E-state index contributed by atoms with van der Waals surface area (Å²) >= 11 is 0. The van der Waals surface area contributed by atoms with Gasteiger partial charge in [0, 0.05) is 50.2 Å². The SMILES string of the molecule is Cc1ccnc(C(C)C)c1Cc1nccc2c1ccn2CC(=O)N(C)C. The summed E-state index contributed by atoms with van der Waals surface area (Å²) in [4.78, 5) is 22.9. The second-order valence-corrected chi connectivity index (χ2v) is 7.25. The molecule has 0 radical (unpaired) electrons. The zero-order valence-corrected chi connectivity index (χ0v) is 16.2. The lowest BCUT2D eigenvalue weighted by Crippen LogP contribution is -2.25. The Morgan fingerprint density at radius 3 is 2.58 bits per heavy atom. The monoisotopic (exact) mass is 350 g/mol. The van der Waals surface area contributed by atoms with Gasteiger partial charge in [-0.2, -0.15) is 0 Å². The average molecular weight is 350 g/mol. The number of pyridine rings is 2. The van der Waals surface area contributed by atoms with Gasteiger partial charge in [-0.15, -0.1) is 0 Å². The van der Waals surface area contributed by atoms with Crippen LogP contribution in [0.15, 0.2) is 36.8 Å². The fourth-order valence-corrected chi connectivity index (χ4v) is 3.25. The van der Waals surface area contributed by atoms with Crippen LogP contribution in [-0.2, 0) is 17.8 Å². The van der Waals surface area contributed by atoms with Gasteiger partial charge in [0.05, 0.1) is 11.2 Å². The molecule has 3 aromatic rings. The number of rotatable bonds is 5. The Bertz CT molecular complexity index is 940. The number of hydrogen-bond acceptors (Lipinski definition) is 3. The summed E-state index contributed by atoms with van der Waals surface area (Å²) in [6.45, 7) is 6.80. The number of aromatic nitrogens is 3. The van der Waals surface area contributed by atoms with E-state index in [0.717, 1.165) is 28.7 Å². The lowest BCUT2D eigenvalue weighted by molar-refractivity contribution is -0.129. The molecule has 0 N–H and O–H groups in total. The summed E-state index contributed by atoms with van der Waals surface area (Å²) in [5, 5.41) is 1.09. The van der Waals surface area contributed by atoms with Gasteiger partial charge in [-0.25, -0.2) is 0 Å². The first-order chi connectivity index (χ1) is 12.4. The number of likely N-dealkylation sites (N-methyl/N-ethyl adjacent to an activating group) is 1. The third-order valence-electron chi connectivity index (χ3n) is 4.80. The van der Waals surface area contributed by atoms with E-state index in [9.17, 15) is 4.79 Å². The van der Waals surface area contributed by atoms with E-state index in [0.29, 0.717) is 12.5 Å². The van der Waals surface area contributed by atoms with Crippen molar-refractivity contribution in [1.29, 1.82) is 0 Å². The van der Waals surface area contributed by atoms with Crippen LogP contribution in [0.4, 0.5) is 0 Å². The van der Waals surface area contributed by atoms with Crippen molar-refractivity contribution in [2.45, 2.75) is 39.7 Å². The van der Waals surface area contributed by atoms with Crippen molar-refractivity contribution >= 4 is 16.8 Å². The van der Waals surface area contributed by atoms with E-state index in [-0.39, 0.29) is 5.91 Å². The van der Waals surface area contributed by atoms with Crippen LogP contribution in [0.2, 0.25) is 0 Å². The Kier molecular flexibility index (Phi) is 5.07. The fourth-order valence-electron chi connectivity index (χ4n) is 3.25. The minimum Gasteiger partial charge on any atom is -0.347 e. The normalized spacial score (nSPS) is 11.3. The maximum Gasteiger partial charge on any atom is 0.241 e. The predicted octanol–water partition coefficient (Wildman–Crippen LogP) is 3.54. The average Bonchev–Trinajstić information content (AvgIpc) is 3.00. The maximum atomic E-state index is 12.1. The summed E-state index contributed by atoms with van der Waals surface area (Å²) in [5.74, 6) is 0.442. The van der Waals surface area contributed by atoms with Gasteiger partial charge in [-0.05, 0) is 42.2 Å². The smallest absolute Gasteiger partial charge is 0.241 e. The number of nitrogens with zero attached hydrogens (tertiary/aromatic N) is 4. The minimum absolute atomic E-state index is 0.0751. The van der Waals surface area contributed by atoms with E-state index in [1.807, 2.05) is 29.2 Å². The van der Waals surface area contributed by atoms with Gasteiger partial charge in [0.25, 0.3) is 0 Å². The highest BCUT2D eigenvalue weighted by Gasteiger charge is 2.15. The number of carbonyl (C=O) groups is 1. The van der Waals surface area contributed by atoms with Crippen LogP contribution in [0.1, 0.15) is 42.3 Å². The molecule has 3 rings (SSSR count). The van der Waals surface area contributed by atoms with E-state index in [4.69, 9.17) is 0 Å². The number of hydrogen-bond donors (Lipinski definition) is 0. The second kappa shape index (κ2) is 7.28. The topological polar surface area (TPSA) is 51.0 Å². The first-order valence-electron chi connectivity index (χ1n) is 8.95. The molecule has 0 aliphatic carbocycles. The van der Waals surface area contributed by atoms with Crippen molar-refractivity contribution in [2.75, 3.05) is 14.1 Å². The number of amides is 1. The molecule has 0 saturated heterocycles. The molecule has 0 unspecified atom stereocenters. The number of aryl methyl sites for hydroxylation is 1. The Hall–Kier alpha value is -2.69. The van der Waals surface area contributed by atoms with Gasteiger partial charge in [-0.3, -0.25) is 14.8 Å². The molecule has 0 aromatic carbocycles. The third kappa shape index (κ3) is 3.47. The zero-order valence-electron chi connectivity index (χ0n) is 16.2. The molecule has 0 saturated carbocycles. The molecule has 0 fully saturated rings. The first-order valence-corrected chi connectivity index (χ1v) is 8.95. The van der Waals surface area contributed by atoms with Gasteiger partial charge in [0.1, 0.15) is 6.54 Å². The molecule has 5 nitrogen and oxygen atoms in total. The van der Waals surface area contributed by atoms with Crippen LogP contribution in [0, 0.1) is 6.92 Å². The zero-order chi connectivity index (χ0) is 18.8. The quantitative estimate of drug-likeness (QED) is 0.707. The van der Waals surface area contributed by atoms with Gasteiger partial charge in [-0.1, -0.05) is 13.8 Å². The predicted molar refractivity (Wildman–Crippen MR) is 104 cm³/mol. The Morgan fingerprint density at radius 1 is 1.15 bits per heavy atom. The van der Waals surface area contributed by atoms with Gasteiger partial charge in [0.15, 0.2) is 0 Å². The molecule has 3 aromatic heterocycles. The van der Waals surface area contributed by atoms with Crippen LogP contribution in [0.25, 0.3) is 10.9 Å². The van der Waals surface area contributed by atoms with Crippen LogP contribution in [0.3, 0.4) is 0 Å². The first kappa shape index (κ1) is 18.1. The van der Waals surface area contributed by atoms with Crippen molar-refractivity contribution in [3.8, 4) is 0 Å². The number of fused-ring (bicyclic) bond motifs is 1. The molecule has 5 heteroatoms. The fraction of sp³-hybridized carbons (Fsp3) is 0.381. The van der Waals surface area contributed by atoms with Gasteiger partial charge in [0.2, 0.25) is 5.91 Å². The molecule has 0 spiro atoms. The summed E-state index contributed by atoms with van der Waals surface area (Å²) < 4.78 is 1.99. The Labute approximate surface area is 154 Å². The molecular weight excluding hydrogens is 324 g/mol. The minimum atomic E-state index is 0.0751. The van der Waals surface area contributed by atoms with Crippen LogP contribution in [0.5, 0.6) is 0 Å². The van der Waals surface area contributed by atoms with Gasteiger partial charge < -0.3 is 9.47 Å². The van der Waals surface area contributed by atoms with Crippen molar-refractivity contribution in [3.05, 3.63) is 59.3 Å². The Balaban J connectivity index is 2.01. The summed E-state index contributed by atoms with van der Waals surface area (Å²) in [5.41, 5.74) is 5.68. The van der Waals surface area contributed by atoms with Crippen LogP contribution < -0.4 is 0 Å². The largest absolute Gasteiger partial charge is 0.347 e. The highest BCUT2D eigenvalue weighted by Crippen LogP contribution is 2.26. The molecule has 0 aliphatic heterocycles. The van der Waals surface area contributed by atoms with Crippen LogP contribution >= 0.6 is 0 Å². The van der Waals surface area contributed by atoms with E-state index < -0.39 is 0 Å². The molecule has 0 bridgehead atoms. The van der Waals surface area contributed by atoms with Gasteiger partial charge >= 0.3 is 0 Å². The third-order valence-corrected chi connectivity index (χ3v) is 4.80. The second-order valence-electron chi connectivity index (χ2n) is 7.25. The highest BCUT2D eigenvalue weighted by atomic mass is 16.2. The lowest BCUT2D eigenvalue weighted by atomic mass is 9.95. The molecule has 3 heterocycles. The van der Waals surface area contributed by atoms with Crippen LogP contribution in [-0.4, -0.2) is 39.4 Å². The van der Waals surface area contributed by atoms with Crippen molar-refractivity contribution in [1.82, 2.24) is 19.4 Å². The van der Waals surface area contributed by atoms with Crippen molar-refractivity contribution < 1.29 is 4.79 Å². The summed E-state index contributed by atoms with van der Waals surface area (Å²) in [6, 6.07) is 6.09. The summed E-state index contributed by atoms with van der Waals surface area (Å²) in [7, 11) is 3.55. The number of carbonyl (C=O) groups excluding carboxylic acids is 1. The Morgan fingerprint density at radius 2 is 1.88 bits per heavy atom.